The van der Waals surface area contributed by atoms with E-state index in [9.17, 15) is 5.26 Å². The van der Waals surface area contributed by atoms with E-state index in [1.807, 2.05) is 12.1 Å². The van der Waals surface area contributed by atoms with E-state index in [1.165, 1.54) is 7.11 Å². The molecule has 5 heteroatoms. The second-order valence-corrected chi connectivity index (χ2v) is 3.95. The van der Waals surface area contributed by atoms with Gasteiger partial charge in [-0.1, -0.05) is 0 Å². The first-order chi connectivity index (χ1) is 9.71. The summed E-state index contributed by atoms with van der Waals surface area (Å²) in [5.74, 6) is 0.821. The highest BCUT2D eigenvalue weighted by molar-refractivity contribution is 5.70. The van der Waals surface area contributed by atoms with Crippen molar-refractivity contribution in [1.29, 1.82) is 10.5 Å². The quantitative estimate of drug-likeness (QED) is 0.852. The lowest BCUT2D eigenvalue weighted by atomic mass is 10.0. The Morgan fingerprint density at radius 2 is 2.00 bits per heavy atom. The molecule has 0 fully saturated rings. The molecule has 0 N–H and O–H groups in total. The van der Waals surface area contributed by atoms with E-state index in [0.29, 0.717) is 17.0 Å². The predicted molar refractivity (Wildman–Crippen MR) is 72.6 cm³/mol. The molecule has 20 heavy (non-hydrogen) atoms. The third-order valence-electron chi connectivity index (χ3n) is 2.81. The highest BCUT2D eigenvalue weighted by Gasteiger charge is 2.16. The first kappa shape index (κ1) is 13.4. The van der Waals surface area contributed by atoms with Crippen LogP contribution in [-0.4, -0.2) is 12.1 Å². The summed E-state index contributed by atoms with van der Waals surface area (Å²) in [6.07, 6.45) is 5.03. The normalized spacial score (nSPS) is 10.2. The highest BCUT2D eigenvalue weighted by atomic mass is 16.5. The number of ether oxygens (including phenoxy) is 1. The molecule has 0 aliphatic heterocycles. The summed E-state index contributed by atoms with van der Waals surface area (Å²) in [4.78, 5) is 4.25. The van der Waals surface area contributed by atoms with Crippen LogP contribution in [0.25, 0.3) is 12.2 Å². The minimum absolute atomic E-state index is 0.147. The summed E-state index contributed by atoms with van der Waals surface area (Å²) in [5.41, 5.74) is 1.63. The van der Waals surface area contributed by atoms with Crippen LogP contribution in [0.15, 0.2) is 22.8 Å². The van der Waals surface area contributed by atoms with Crippen molar-refractivity contribution in [2.24, 2.45) is 0 Å². The Morgan fingerprint density at radius 3 is 2.55 bits per heavy atom. The molecular weight excluding hydrogens is 254 g/mol. The number of rotatable bonds is 3. The summed E-state index contributed by atoms with van der Waals surface area (Å²) in [5, 5.41) is 18.3. The SMILES string of the molecule is COc1nc(/C=C/c2ccco2)c(C)c(C#N)c1C#N. The average Bonchev–Trinajstić information content (AvgIpc) is 2.98. The maximum Gasteiger partial charge on any atom is 0.233 e. The van der Waals surface area contributed by atoms with Gasteiger partial charge in [0.05, 0.1) is 24.6 Å². The first-order valence-electron chi connectivity index (χ1n) is 5.81. The van der Waals surface area contributed by atoms with Gasteiger partial charge in [-0.15, -0.1) is 0 Å². The van der Waals surface area contributed by atoms with E-state index < -0.39 is 0 Å². The molecule has 0 bridgehead atoms. The Hall–Kier alpha value is -3.05. The van der Waals surface area contributed by atoms with E-state index in [4.69, 9.17) is 14.4 Å². The monoisotopic (exact) mass is 265 g/mol. The van der Waals surface area contributed by atoms with Crippen LogP contribution in [0.3, 0.4) is 0 Å². The molecule has 0 aromatic carbocycles. The lowest BCUT2D eigenvalue weighted by molar-refractivity contribution is 0.396. The van der Waals surface area contributed by atoms with Crippen LogP contribution in [-0.2, 0) is 0 Å². The van der Waals surface area contributed by atoms with Crippen molar-refractivity contribution in [3.05, 3.63) is 46.5 Å². The number of furan rings is 1. The lowest BCUT2D eigenvalue weighted by Crippen LogP contribution is -2.01. The number of nitrogens with zero attached hydrogens (tertiary/aromatic N) is 3. The molecule has 2 heterocycles. The number of methoxy groups -OCH3 is 1. The summed E-state index contributed by atoms with van der Waals surface area (Å²) < 4.78 is 10.3. The number of hydrogen-bond donors (Lipinski definition) is 0. The second kappa shape index (κ2) is 5.73. The predicted octanol–water partition coefficient (Wildman–Crippen LogP) is 2.91. The molecule has 0 spiro atoms. The van der Waals surface area contributed by atoms with Crippen molar-refractivity contribution in [2.75, 3.05) is 7.11 Å². The van der Waals surface area contributed by atoms with Crippen molar-refractivity contribution in [1.82, 2.24) is 4.98 Å². The fourth-order valence-corrected chi connectivity index (χ4v) is 1.77. The van der Waals surface area contributed by atoms with Crippen molar-refractivity contribution >= 4 is 12.2 Å². The van der Waals surface area contributed by atoms with Crippen LogP contribution in [0.2, 0.25) is 0 Å². The number of nitriles is 2. The Kier molecular flexibility index (Phi) is 3.83. The Morgan fingerprint density at radius 1 is 1.25 bits per heavy atom. The van der Waals surface area contributed by atoms with Crippen LogP contribution in [0.1, 0.15) is 28.1 Å². The molecule has 0 saturated heterocycles. The van der Waals surface area contributed by atoms with E-state index in [0.717, 1.165) is 0 Å². The van der Waals surface area contributed by atoms with Gasteiger partial charge in [0.15, 0.2) is 0 Å². The van der Waals surface area contributed by atoms with Gasteiger partial charge >= 0.3 is 0 Å². The van der Waals surface area contributed by atoms with Gasteiger partial charge in [-0.2, -0.15) is 10.5 Å². The molecule has 5 nitrogen and oxygen atoms in total. The topological polar surface area (TPSA) is 82.8 Å². The molecule has 0 atom stereocenters. The zero-order valence-corrected chi connectivity index (χ0v) is 11.0. The highest BCUT2D eigenvalue weighted by Crippen LogP contribution is 2.25. The van der Waals surface area contributed by atoms with E-state index in [-0.39, 0.29) is 17.0 Å². The van der Waals surface area contributed by atoms with Gasteiger partial charge in [-0.05, 0) is 36.8 Å². The molecule has 0 amide bonds. The fourth-order valence-electron chi connectivity index (χ4n) is 1.77. The molecule has 0 aliphatic rings. The van der Waals surface area contributed by atoms with Crippen LogP contribution in [0.4, 0.5) is 0 Å². The maximum atomic E-state index is 9.20. The van der Waals surface area contributed by atoms with Gasteiger partial charge in [0, 0.05) is 0 Å². The molecule has 0 aliphatic carbocycles. The van der Waals surface area contributed by atoms with Gasteiger partial charge in [0.25, 0.3) is 0 Å². The van der Waals surface area contributed by atoms with Crippen molar-refractivity contribution in [3.8, 4) is 18.0 Å². The van der Waals surface area contributed by atoms with Crippen LogP contribution in [0, 0.1) is 29.6 Å². The lowest BCUT2D eigenvalue weighted by Gasteiger charge is -2.08. The molecule has 0 saturated carbocycles. The summed E-state index contributed by atoms with van der Waals surface area (Å²) in [7, 11) is 1.42. The van der Waals surface area contributed by atoms with Crippen LogP contribution < -0.4 is 4.74 Å². The van der Waals surface area contributed by atoms with Gasteiger partial charge < -0.3 is 9.15 Å². The summed E-state index contributed by atoms with van der Waals surface area (Å²) in [6, 6.07) is 7.56. The second-order valence-electron chi connectivity index (χ2n) is 3.95. The Labute approximate surface area is 116 Å². The molecule has 98 valence electrons. The standard InChI is InChI=1S/C15H11N3O2/c1-10-12(8-16)13(9-17)15(19-2)18-14(10)6-5-11-4-3-7-20-11/h3-7H,1-2H3/b6-5+. The smallest absolute Gasteiger partial charge is 0.233 e. The van der Waals surface area contributed by atoms with Gasteiger partial charge in [-0.25, -0.2) is 4.98 Å². The van der Waals surface area contributed by atoms with Gasteiger partial charge in [0.1, 0.15) is 23.5 Å². The summed E-state index contributed by atoms with van der Waals surface area (Å²) >= 11 is 0. The fraction of sp³-hybridized carbons (Fsp3) is 0.133. The van der Waals surface area contributed by atoms with Gasteiger partial charge in [-0.3, -0.25) is 0 Å². The van der Waals surface area contributed by atoms with E-state index in [1.54, 1.807) is 37.5 Å². The third-order valence-corrected chi connectivity index (χ3v) is 2.81. The number of hydrogen-bond acceptors (Lipinski definition) is 5. The molecule has 0 unspecified atom stereocenters. The van der Waals surface area contributed by atoms with Crippen molar-refractivity contribution < 1.29 is 9.15 Å². The Balaban J connectivity index is 2.55. The summed E-state index contributed by atoms with van der Waals surface area (Å²) in [6.45, 7) is 1.74. The molecule has 2 rings (SSSR count). The average molecular weight is 265 g/mol. The van der Waals surface area contributed by atoms with Gasteiger partial charge in [0.2, 0.25) is 5.88 Å². The van der Waals surface area contributed by atoms with E-state index >= 15 is 0 Å². The zero-order chi connectivity index (χ0) is 14.5. The minimum Gasteiger partial charge on any atom is -0.480 e. The molecule has 2 aromatic heterocycles. The molecule has 2 aromatic rings. The Bertz CT molecular complexity index is 732. The molecular formula is C15H11N3O2. The van der Waals surface area contributed by atoms with Crippen molar-refractivity contribution in [2.45, 2.75) is 6.92 Å². The molecule has 0 radical (unpaired) electrons. The van der Waals surface area contributed by atoms with Crippen molar-refractivity contribution in [3.63, 3.8) is 0 Å². The van der Waals surface area contributed by atoms with Crippen LogP contribution in [0.5, 0.6) is 5.88 Å². The van der Waals surface area contributed by atoms with E-state index in [2.05, 4.69) is 4.98 Å². The number of aromatic nitrogens is 1. The zero-order valence-electron chi connectivity index (χ0n) is 11.0. The van der Waals surface area contributed by atoms with Crippen LogP contribution >= 0.6 is 0 Å². The minimum atomic E-state index is 0.147. The number of pyridine rings is 1. The third kappa shape index (κ3) is 2.38. The largest absolute Gasteiger partial charge is 0.480 e. The maximum absolute atomic E-state index is 9.20. The first-order valence-corrected chi connectivity index (χ1v) is 5.81.